The lowest BCUT2D eigenvalue weighted by molar-refractivity contribution is 0.00191. The lowest BCUT2D eigenvalue weighted by Gasteiger charge is -2.37. The molecule has 1 amide bonds. The van der Waals surface area contributed by atoms with Crippen LogP contribution in [0.2, 0.25) is 0 Å². The molecule has 4 rings (SSSR count). The van der Waals surface area contributed by atoms with Crippen LogP contribution in [0.25, 0.3) is 0 Å². The van der Waals surface area contributed by atoms with E-state index in [4.69, 9.17) is 9.47 Å². The Bertz CT molecular complexity index is 1250. The molecule has 194 valence electrons. The number of aliphatic hydroxyl groups is 1. The standard InChI is InChI=1S/C29H32N2O6/c1-29(2,3)37-28(35)31(18-26(32)21-7-5-13-30-17-21)23-11-9-19-10-12-25(16-22(19)14-23)36-24-8-4-6-20(15-24)27(33)34/h4-8,10,12-13,15-17,23,26,32H,9,11,14,18H2,1-3H3,(H,33,34)/t23-,26-/m0/s1. The quantitative estimate of drug-likeness (QED) is 0.443. The molecule has 8 nitrogen and oxygen atoms in total. The minimum atomic E-state index is -1.02. The first-order valence-corrected chi connectivity index (χ1v) is 12.3. The Morgan fingerprint density at radius 3 is 2.57 bits per heavy atom. The highest BCUT2D eigenvalue weighted by Crippen LogP contribution is 2.32. The number of hydrogen-bond donors (Lipinski definition) is 2. The van der Waals surface area contributed by atoms with Gasteiger partial charge in [0.2, 0.25) is 0 Å². The fourth-order valence-corrected chi connectivity index (χ4v) is 4.43. The number of carbonyl (C=O) groups is 2. The normalized spacial score (nSPS) is 15.8. The lowest BCUT2D eigenvalue weighted by Crippen LogP contribution is -2.47. The summed E-state index contributed by atoms with van der Waals surface area (Å²) < 4.78 is 11.6. The maximum atomic E-state index is 13.2. The van der Waals surface area contributed by atoms with Gasteiger partial charge in [0, 0.05) is 24.0 Å². The SMILES string of the molecule is CC(C)(C)OC(=O)N(C[C@H](O)c1cccnc1)[C@H]1CCc2ccc(Oc3cccc(C(=O)O)c3)cc2C1. The average molecular weight is 505 g/mol. The maximum absolute atomic E-state index is 13.2. The number of amides is 1. The fourth-order valence-electron chi connectivity index (χ4n) is 4.43. The Balaban J connectivity index is 1.55. The van der Waals surface area contributed by atoms with E-state index in [9.17, 15) is 19.8 Å². The zero-order valence-corrected chi connectivity index (χ0v) is 21.3. The summed E-state index contributed by atoms with van der Waals surface area (Å²) in [4.78, 5) is 30.2. The van der Waals surface area contributed by atoms with E-state index in [-0.39, 0.29) is 18.2 Å². The lowest BCUT2D eigenvalue weighted by atomic mass is 9.87. The van der Waals surface area contributed by atoms with Gasteiger partial charge in [-0.15, -0.1) is 0 Å². The Morgan fingerprint density at radius 1 is 1.08 bits per heavy atom. The summed E-state index contributed by atoms with van der Waals surface area (Å²) >= 11 is 0. The van der Waals surface area contributed by atoms with E-state index in [2.05, 4.69) is 4.98 Å². The van der Waals surface area contributed by atoms with Crippen molar-refractivity contribution in [3.63, 3.8) is 0 Å². The smallest absolute Gasteiger partial charge is 0.410 e. The first-order chi connectivity index (χ1) is 17.6. The highest BCUT2D eigenvalue weighted by atomic mass is 16.6. The molecule has 0 radical (unpaired) electrons. The fraction of sp³-hybridized carbons (Fsp3) is 0.345. The van der Waals surface area contributed by atoms with Crippen LogP contribution in [0.15, 0.2) is 67.0 Å². The minimum absolute atomic E-state index is 0.0821. The number of aromatic carboxylic acids is 1. The Hall–Kier alpha value is -3.91. The molecule has 2 N–H and O–H groups in total. The molecule has 37 heavy (non-hydrogen) atoms. The predicted octanol–water partition coefficient (Wildman–Crippen LogP) is 5.40. The van der Waals surface area contributed by atoms with E-state index < -0.39 is 23.8 Å². The Kier molecular flexibility index (Phi) is 7.78. The van der Waals surface area contributed by atoms with Crippen LogP contribution in [0.3, 0.4) is 0 Å². The largest absolute Gasteiger partial charge is 0.478 e. The van der Waals surface area contributed by atoms with Gasteiger partial charge in [0.05, 0.1) is 18.2 Å². The van der Waals surface area contributed by atoms with Gasteiger partial charge in [0.25, 0.3) is 0 Å². The van der Waals surface area contributed by atoms with Gasteiger partial charge in [-0.25, -0.2) is 9.59 Å². The molecule has 1 aliphatic rings. The molecule has 0 saturated heterocycles. The molecule has 0 unspecified atom stereocenters. The molecule has 0 bridgehead atoms. The van der Waals surface area contributed by atoms with Gasteiger partial charge in [-0.2, -0.15) is 0 Å². The van der Waals surface area contributed by atoms with Gasteiger partial charge >= 0.3 is 12.1 Å². The zero-order chi connectivity index (χ0) is 26.6. The van der Waals surface area contributed by atoms with Gasteiger partial charge in [-0.1, -0.05) is 18.2 Å². The van der Waals surface area contributed by atoms with Crippen molar-refractivity contribution in [2.75, 3.05) is 6.54 Å². The summed E-state index contributed by atoms with van der Waals surface area (Å²) in [7, 11) is 0. The van der Waals surface area contributed by atoms with Crippen molar-refractivity contribution in [2.45, 2.75) is 57.8 Å². The van der Waals surface area contributed by atoms with Crippen LogP contribution in [0.4, 0.5) is 4.79 Å². The molecular formula is C29H32N2O6. The van der Waals surface area contributed by atoms with E-state index in [1.807, 2.05) is 39.0 Å². The first kappa shape index (κ1) is 26.2. The molecule has 1 heterocycles. The van der Waals surface area contributed by atoms with Crippen LogP contribution in [-0.4, -0.2) is 50.3 Å². The minimum Gasteiger partial charge on any atom is -0.478 e. The van der Waals surface area contributed by atoms with Crippen molar-refractivity contribution >= 4 is 12.1 Å². The Morgan fingerprint density at radius 2 is 1.86 bits per heavy atom. The van der Waals surface area contributed by atoms with Crippen LogP contribution in [0.1, 0.15) is 60.3 Å². The van der Waals surface area contributed by atoms with Crippen molar-refractivity contribution in [1.82, 2.24) is 9.88 Å². The molecule has 0 aliphatic heterocycles. The van der Waals surface area contributed by atoms with Gasteiger partial charge in [0.15, 0.2) is 0 Å². The third-order valence-corrected chi connectivity index (χ3v) is 6.20. The molecule has 2 atom stereocenters. The molecule has 8 heteroatoms. The second kappa shape index (κ2) is 11.0. The number of pyridine rings is 1. The molecule has 0 saturated carbocycles. The summed E-state index contributed by atoms with van der Waals surface area (Å²) in [5.74, 6) is -0.00206. The number of rotatable bonds is 7. The van der Waals surface area contributed by atoms with Crippen LogP contribution in [0, 0.1) is 0 Å². The maximum Gasteiger partial charge on any atom is 0.410 e. The second-order valence-electron chi connectivity index (χ2n) is 10.2. The summed E-state index contributed by atoms with van der Waals surface area (Å²) in [6, 6.07) is 15.5. The number of carboxylic acid groups (broad SMARTS) is 1. The van der Waals surface area contributed by atoms with Crippen molar-refractivity contribution in [1.29, 1.82) is 0 Å². The molecule has 0 spiro atoms. The van der Waals surface area contributed by atoms with Crippen molar-refractivity contribution in [3.8, 4) is 11.5 Å². The van der Waals surface area contributed by atoms with Gasteiger partial charge in [-0.3, -0.25) is 4.98 Å². The van der Waals surface area contributed by atoms with Crippen LogP contribution < -0.4 is 4.74 Å². The molecule has 1 aromatic heterocycles. The van der Waals surface area contributed by atoms with Crippen LogP contribution in [0.5, 0.6) is 11.5 Å². The number of hydrogen-bond acceptors (Lipinski definition) is 6. The van der Waals surface area contributed by atoms with E-state index >= 15 is 0 Å². The number of carboxylic acids is 1. The third kappa shape index (κ3) is 6.86. The summed E-state index contributed by atoms with van der Waals surface area (Å²) in [6.07, 6.45) is 3.92. The van der Waals surface area contributed by atoms with E-state index in [1.165, 1.54) is 17.7 Å². The van der Waals surface area contributed by atoms with Gasteiger partial charge < -0.3 is 24.6 Å². The van der Waals surface area contributed by atoms with E-state index in [1.54, 1.807) is 41.6 Å². The Labute approximate surface area is 216 Å². The molecule has 2 aromatic carbocycles. The monoisotopic (exact) mass is 504 g/mol. The predicted molar refractivity (Wildman–Crippen MR) is 138 cm³/mol. The second-order valence-corrected chi connectivity index (χ2v) is 10.2. The van der Waals surface area contributed by atoms with E-state index in [0.29, 0.717) is 23.5 Å². The zero-order valence-electron chi connectivity index (χ0n) is 21.3. The number of aliphatic hydroxyl groups excluding tert-OH is 1. The van der Waals surface area contributed by atoms with Crippen molar-refractivity contribution in [2.24, 2.45) is 0 Å². The number of aryl methyl sites for hydroxylation is 1. The number of carbonyl (C=O) groups excluding carboxylic acids is 1. The summed E-state index contributed by atoms with van der Waals surface area (Å²) in [5, 5.41) is 20.1. The summed E-state index contributed by atoms with van der Waals surface area (Å²) in [5.41, 5.74) is 2.31. The number of benzene rings is 2. The van der Waals surface area contributed by atoms with Gasteiger partial charge in [0.1, 0.15) is 17.1 Å². The van der Waals surface area contributed by atoms with Crippen molar-refractivity contribution in [3.05, 3.63) is 89.2 Å². The van der Waals surface area contributed by atoms with Gasteiger partial charge in [-0.05, 0) is 87.6 Å². The molecular weight excluding hydrogens is 472 g/mol. The molecule has 3 aromatic rings. The average Bonchev–Trinajstić information content (AvgIpc) is 2.86. The number of nitrogens with zero attached hydrogens (tertiary/aromatic N) is 2. The number of ether oxygens (including phenoxy) is 2. The number of fused-ring (bicyclic) bond motifs is 1. The first-order valence-electron chi connectivity index (χ1n) is 12.3. The van der Waals surface area contributed by atoms with Crippen molar-refractivity contribution < 1.29 is 29.3 Å². The highest BCUT2D eigenvalue weighted by molar-refractivity contribution is 5.88. The third-order valence-electron chi connectivity index (χ3n) is 6.20. The van der Waals surface area contributed by atoms with Crippen LogP contribution >= 0.6 is 0 Å². The van der Waals surface area contributed by atoms with E-state index in [0.717, 1.165) is 18.4 Å². The number of aromatic nitrogens is 1. The highest BCUT2D eigenvalue weighted by Gasteiger charge is 2.33. The molecule has 1 aliphatic carbocycles. The summed E-state index contributed by atoms with van der Waals surface area (Å²) in [6.45, 7) is 5.54. The molecule has 0 fully saturated rings. The van der Waals surface area contributed by atoms with Crippen LogP contribution in [-0.2, 0) is 17.6 Å². The topological polar surface area (TPSA) is 109 Å².